The number of carbonyl (C=O) groups excluding carboxylic acids is 1. The average molecular weight is 341 g/mol. The smallest absolute Gasteiger partial charge is 0.276 e. The molecule has 1 unspecified atom stereocenters. The molecule has 1 N–H and O–H groups in total. The van der Waals surface area contributed by atoms with Crippen LogP contribution in [-0.4, -0.2) is 49.3 Å². The molecule has 0 saturated carbocycles. The van der Waals surface area contributed by atoms with Crippen LogP contribution in [0.15, 0.2) is 4.52 Å². The molecule has 1 aromatic rings. The van der Waals surface area contributed by atoms with Gasteiger partial charge in [-0.3, -0.25) is 4.79 Å². The van der Waals surface area contributed by atoms with Crippen molar-refractivity contribution in [3.05, 3.63) is 17.0 Å². The minimum Gasteiger partial charge on any atom is -0.360 e. The Morgan fingerprint density at radius 2 is 2.13 bits per heavy atom. The van der Waals surface area contributed by atoms with E-state index in [0.717, 1.165) is 37.3 Å². The normalized spacial score (nSPS) is 21.4. The van der Waals surface area contributed by atoms with Gasteiger partial charge in [-0.1, -0.05) is 12.1 Å². The summed E-state index contributed by atoms with van der Waals surface area (Å²) in [5.41, 5.74) is 1.14. The Labute approximate surface area is 136 Å². The van der Waals surface area contributed by atoms with Crippen LogP contribution >= 0.6 is 0 Å². The highest BCUT2D eigenvalue weighted by molar-refractivity contribution is 7.89. The van der Waals surface area contributed by atoms with Crippen LogP contribution in [0.3, 0.4) is 0 Å². The molecular weight excluding hydrogens is 318 g/mol. The lowest BCUT2D eigenvalue weighted by Crippen LogP contribution is -2.40. The van der Waals surface area contributed by atoms with Crippen molar-refractivity contribution in [2.45, 2.75) is 51.5 Å². The minimum absolute atomic E-state index is 0.0930. The highest BCUT2D eigenvalue weighted by Gasteiger charge is 2.32. The van der Waals surface area contributed by atoms with Crippen molar-refractivity contribution >= 4 is 15.9 Å². The number of likely N-dealkylation sites (tertiary alicyclic amines) is 1. The molecule has 1 fully saturated rings. The number of aromatic nitrogens is 1. The molecule has 1 aromatic heterocycles. The maximum absolute atomic E-state index is 12.5. The first kappa shape index (κ1) is 16.4. The average Bonchev–Trinajstić information content (AvgIpc) is 3.15. The van der Waals surface area contributed by atoms with Gasteiger partial charge in [0.1, 0.15) is 5.76 Å². The molecule has 1 atom stereocenters. The van der Waals surface area contributed by atoms with E-state index < -0.39 is 10.0 Å². The zero-order chi connectivity index (χ0) is 16.4. The van der Waals surface area contributed by atoms with E-state index in [1.54, 1.807) is 4.90 Å². The second-order valence-corrected chi connectivity index (χ2v) is 8.18. The van der Waals surface area contributed by atoms with E-state index in [0.29, 0.717) is 31.4 Å². The predicted molar refractivity (Wildman–Crippen MR) is 84.7 cm³/mol. The molecule has 2 aliphatic rings. The first-order valence-electron chi connectivity index (χ1n) is 8.27. The van der Waals surface area contributed by atoms with Gasteiger partial charge in [0, 0.05) is 31.1 Å². The Morgan fingerprint density at radius 3 is 2.83 bits per heavy atom. The molecule has 0 aromatic carbocycles. The van der Waals surface area contributed by atoms with Crippen LogP contribution in [0.2, 0.25) is 0 Å². The predicted octanol–water partition coefficient (Wildman–Crippen LogP) is 1.10. The number of rotatable bonds is 5. The summed E-state index contributed by atoms with van der Waals surface area (Å²) >= 11 is 0. The van der Waals surface area contributed by atoms with E-state index in [1.165, 1.54) is 0 Å². The standard InChI is InChI=1S/C15H23N3O4S/c1-2-9-23(20,21)17-11-5-6-13-12(10-11)14(16-22-13)15(19)18-7-3-4-8-18/h11,17H,2-10H2,1H3. The number of nitrogens with zero attached hydrogens (tertiary/aromatic N) is 2. The molecule has 1 aliphatic heterocycles. The van der Waals surface area contributed by atoms with Crippen molar-refractivity contribution < 1.29 is 17.7 Å². The van der Waals surface area contributed by atoms with Crippen LogP contribution < -0.4 is 4.72 Å². The molecule has 0 spiro atoms. The number of hydrogen-bond donors (Lipinski definition) is 1. The van der Waals surface area contributed by atoms with Crippen molar-refractivity contribution in [1.29, 1.82) is 0 Å². The lowest BCUT2D eigenvalue weighted by molar-refractivity contribution is 0.0781. The van der Waals surface area contributed by atoms with Gasteiger partial charge in [0.2, 0.25) is 10.0 Å². The SMILES string of the molecule is CCCS(=O)(=O)NC1CCc2onc(C(=O)N3CCCC3)c2C1. The first-order valence-corrected chi connectivity index (χ1v) is 9.92. The molecule has 128 valence electrons. The van der Waals surface area contributed by atoms with E-state index in [1.807, 2.05) is 6.92 Å². The minimum atomic E-state index is -3.26. The Bertz CT molecular complexity index is 677. The lowest BCUT2D eigenvalue weighted by Gasteiger charge is -2.23. The molecular formula is C15H23N3O4S. The topological polar surface area (TPSA) is 92.5 Å². The number of carbonyl (C=O) groups is 1. The van der Waals surface area contributed by atoms with Gasteiger partial charge in [0.15, 0.2) is 5.69 Å². The third kappa shape index (κ3) is 3.58. The second-order valence-electron chi connectivity index (χ2n) is 6.31. The maximum Gasteiger partial charge on any atom is 0.276 e. The summed E-state index contributed by atoms with van der Waals surface area (Å²) in [5, 5.41) is 3.97. The maximum atomic E-state index is 12.5. The van der Waals surface area contributed by atoms with Crippen molar-refractivity contribution in [2.24, 2.45) is 0 Å². The quantitative estimate of drug-likeness (QED) is 0.866. The molecule has 1 amide bonds. The Morgan fingerprint density at radius 1 is 1.39 bits per heavy atom. The van der Waals surface area contributed by atoms with Crippen molar-refractivity contribution in [2.75, 3.05) is 18.8 Å². The summed E-state index contributed by atoms with van der Waals surface area (Å²) in [7, 11) is -3.26. The van der Waals surface area contributed by atoms with Crippen LogP contribution in [0.5, 0.6) is 0 Å². The van der Waals surface area contributed by atoms with E-state index in [4.69, 9.17) is 4.52 Å². The van der Waals surface area contributed by atoms with Crippen molar-refractivity contribution in [3.63, 3.8) is 0 Å². The van der Waals surface area contributed by atoms with Gasteiger partial charge in [-0.2, -0.15) is 0 Å². The van der Waals surface area contributed by atoms with E-state index >= 15 is 0 Å². The van der Waals surface area contributed by atoms with E-state index in [-0.39, 0.29) is 17.7 Å². The molecule has 0 bridgehead atoms. The Hall–Kier alpha value is -1.41. The summed E-state index contributed by atoms with van der Waals surface area (Å²) in [6.45, 7) is 3.35. The third-order valence-corrected chi connectivity index (χ3v) is 6.09. The number of aryl methyl sites for hydroxylation is 1. The fraction of sp³-hybridized carbons (Fsp3) is 0.733. The van der Waals surface area contributed by atoms with Gasteiger partial charge in [-0.05, 0) is 32.1 Å². The Balaban J connectivity index is 1.74. The van der Waals surface area contributed by atoms with Crippen LogP contribution in [0.4, 0.5) is 0 Å². The molecule has 7 nitrogen and oxygen atoms in total. The van der Waals surface area contributed by atoms with Crippen LogP contribution in [0.1, 0.15) is 54.4 Å². The molecule has 23 heavy (non-hydrogen) atoms. The number of sulfonamides is 1. The van der Waals surface area contributed by atoms with E-state index in [2.05, 4.69) is 9.88 Å². The zero-order valence-electron chi connectivity index (χ0n) is 13.4. The van der Waals surface area contributed by atoms with Gasteiger partial charge in [-0.25, -0.2) is 13.1 Å². The summed E-state index contributed by atoms with van der Waals surface area (Å²) in [6.07, 6.45) is 4.36. The molecule has 1 saturated heterocycles. The number of fused-ring (bicyclic) bond motifs is 1. The number of amides is 1. The van der Waals surface area contributed by atoms with Gasteiger partial charge < -0.3 is 9.42 Å². The zero-order valence-corrected chi connectivity index (χ0v) is 14.2. The second kappa shape index (κ2) is 6.60. The number of hydrogen-bond acceptors (Lipinski definition) is 5. The largest absolute Gasteiger partial charge is 0.360 e. The highest BCUT2D eigenvalue weighted by Crippen LogP contribution is 2.26. The monoisotopic (exact) mass is 341 g/mol. The van der Waals surface area contributed by atoms with Gasteiger partial charge in [0.25, 0.3) is 5.91 Å². The first-order chi connectivity index (χ1) is 11.0. The van der Waals surface area contributed by atoms with Crippen LogP contribution in [0, 0.1) is 0 Å². The molecule has 0 radical (unpaired) electrons. The molecule has 8 heteroatoms. The Kier molecular flexibility index (Phi) is 4.72. The lowest BCUT2D eigenvalue weighted by atomic mass is 9.92. The molecule has 2 heterocycles. The summed E-state index contributed by atoms with van der Waals surface area (Å²) < 4.78 is 32.0. The summed E-state index contributed by atoms with van der Waals surface area (Å²) in [4.78, 5) is 14.3. The fourth-order valence-corrected chi connectivity index (χ4v) is 4.69. The van der Waals surface area contributed by atoms with Gasteiger partial charge >= 0.3 is 0 Å². The van der Waals surface area contributed by atoms with E-state index in [9.17, 15) is 13.2 Å². The molecule has 3 rings (SSSR count). The summed E-state index contributed by atoms with van der Waals surface area (Å²) in [6, 6.07) is -0.191. The fourth-order valence-electron chi connectivity index (χ4n) is 3.32. The van der Waals surface area contributed by atoms with Crippen LogP contribution in [0.25, 0.3) is 0 Å². The van der Waals surface area contributed by atoms with Crippen LogP contribution in [-0.2, 0) is 22.9 Å². The molecule has 1 aliphatic carbocycles. The third-order valence-electron chi connectivity index (χ3n) is 4.45. The van der Waals surface area contributed by atoms with Gasteiger partial charge in [-0.15, -0.1) is 0 Å². The highest BCUT2D eigenvalue weighted by atomic mass is 32.2. The van der Waals surface area contributed by atoms with Crippen molar-refractivity contribution in [3.8, 4) is 0 Å². The number of nitrogens with one attached hydrogen (secondary N) is 1. The van der Waals surface area contributed by atoms with Crippen molar-refractivity contribution in [1.82, 2.24) is 14.8 Å². The summed E-state index contributed by atoms with van der Waals surface area (Å²) in [5.74, 6) is 0.752. The van der Waals surface area contributed by atoms with Gasteiger partial charge in [0.05, 0.1) is 5.75 Å².